The third kappa shape index (κ3) is 4.95. The van der Waals surface area contributed by atoms with Crippen LogP contribution >= 0.6 is 12.2 Å². The van der Waals surface area contributed by atoms with Crippen LogP contribution in [0.5, 0.6) is 11.5 Å². The Bertz CT molecular complexity index is 1270. The number of carbonyl (C=O) groups is 2. The molecule has 9 heteroatoms. The van der Waals surface area contributed by atoms with Gasteiger partial charge in [-0.2, -0.15) is 0 Å². The first-order chi connectivity index (χ1) is 17.0. The third-order valence-electron chi connectivity index (χ3n) is 5.88. The monoisotopic (exact) mass is 491 g/mol. The molecule has 0 spiro atoms. The molecule has 1 atom stereocenters. The van der Waals surface area contributed by atoms with Crippen molar-refractivity contribution in [3.05, 3.63) is 89.7 Å². The summed E-state index contributed by atoms with van der Waals surface area (Å²) >= 11 is 5.71. The zero-order chi connectivity index (χ0) is 24.4. The number of amides is 2. The first-order valence-electron chi connectivity index (χ1n) is 11.1. The number of halogens is 1. The topological polar surface area (TPSA) is 71.1 Å². The molecule has 1 saturated heterocycles. The van der Waals surface area contributed by atoms with Crippen LogP contribution in [0, 0.1) is 5.82 Å². The third-order valence-corrected chi connectivity index (χ3v) is 6.34. The lowest BCUT2D eigenvalue weighted by Gasteiger charge is -2.24. The SMILES string of the molecule is O=C(CC1C(=O)N(Cc2ccccc2)C(=S)N1Cc1ccc2c(c1)OCO2)Nc1ccc(F)cc1. The van der Waals surface area contributed by atoms with Crippen LogP contribution in [-0.4, -0.2) is 39.6 Å². The molecule has 2 amide bonds. The highest BCUT2D eigenvalue weighted by Crippen LogP contribution is 2.34. The van der Waals surface area contributed by atoms with Crippen molar-refractivity contribution in [2.24, 2.45) is 0 Å². The Hall–Kier alpha value is -3.98. The van der Waals surface area contributed by atoms with E-state index in [1.807, 2.05) is 48.5 Å². The number of carbonyl (C=O) groups excluding carboxylic acids is 2. The fourth-order valence-corrected chi connectivity index (χ4v) is 4.49. The van der Waals surface area contributed by atoms with Gasteiger partial charge < -0.3 is 19.7 Å². The number of benzene rings is 3. The fourth-order valence-electron chi connectivity index (χ4n) is 4.14. The second kappa shape index (κ2) is 9.71. The number of rotatable bonds is 7. The normalized spacial score (nSPS) is 16.7. The fraction of sp³-hybridized carbons (Fsp3) is 0.192. The largest absolute Gasteiger partial charge is 0.454 e. The number of nitrogens with zero attached hydrogens (tertiary/aromatic N) is 2. The number of hydrogen-bond acceptors (Lipinski definition) is 5. The molecule has 3 aromatic rings. The minimum absolute atomic E-state index is 0.105. The highest BCUT2D eigenvalue weighted by Gasteiger charge is 2.43. The summed E-state index contributed by atoms with van der Waals surface area (Å²) in [7, 11) is 0. The van der Waals surface area contributed by atoms with E-state index in [0.29, 0.717) is 35.4 Å². The Morgan fingerprint density at radius 2 is 1.71 bits per heavy atom. The molecule has 1 fully saturated rings. The van der Waals surface area contributed by atoms with Crippen molar-refractivity contribution in [3.63, 3.8) is 0 Å². The molecule has 0 saturated carbocycles. The van der Waals surface area contributed by atoms with Crippen molar-refractivity contribution < 1.29 is 23.5 Å². The van der Waals surface area contributed by atoms with E-state index in [1.54, 1.807) is 4.90 Å². The molecule has 3 aromatic carbocycles. The first kappa shape index (κ1) is 22.8. The standard InChI is InChI=1S/C26H22FN3O4S/c27-19-7-9-20(10-8-19)28-24(31)13-21-25(32)30(14-17-4-2-1-3-5-17)26(35)29(21)15-18-6-11-22-23(12-18)34-16-33-22/h1-12,21H,13-16H2,(H,28,31). The number of ether oxygens (including phenoxy) is 2. The van der Waals surface area contributed by atoms with Crippen molar-refractivity contribution in [2.75, 3.05) is 12.1 Å². The second-order valence-electron chi connectivity index (χ2n) is 8.28. The van der Waals surface area contributed by atoms with E-state index in [9.17, 15) is 14.0 Å². The van der Waals surface area contributed by atoms with Crippen molar-refractivity contribution in [1.29, 1.82) is 0 Å². The zero-order valence-corrected chi connectivity index (χ0v) is 19.5. The molecule has 0 radical (unpaired) electrons. The minimum atomic E-state index is -0.780. The van der Waals surface area contributed by atoms with Crippen LogP contribution in [0.1, 0.15) is 17.5 Å². The second-order valence-corrected chi connectivity index (χ2v) is 8.65. The average Bonchev–Trinajstić information content (AvgIpc) is 3.41. The Morgan fingerprint density at radius 3 is 2.49 bits per heavy atom. The Morgan fingerprint density at radius 1 is 0.971 bits per heavy atom. The number of fused-ring (bicyclic) bond motifs is 1. The quantitative estimate of drug-likeness (QED) is 0.503. The van der Waals surface area contributed by atoms with Crippen molar-refractivity contribution in [2.45, 2.75) is 25.6 Å². The highest BCUT2D eigenvalue weighted by molar-refractivity contribution is 7.80. The van der Waals surface area contributed by atoms with Crippen LogP contribution in [0.15, 0.2) is 72.8 Å². The van der Waals surface area contributed by atoms with Crippen LogP contribution in [0.2, 0.25) is 0 Å². The first-order valence-corrected chi connectivity index (χ1v) is 11.5. The summed E-state index contributed by atoms with van der Waals surface area (Å²) in [6, 6.07) is 19.8. The van der Waals surface area contributed by atoms with Gasteiger partial charge in [0, 0.05) is 12.2 Å². The van der Waals surface area contributed by atoms with Gasteiger partial charge in [0.25, 0.3) is 5.91 Å². The van der Waals surface area contributed by atoms with Crippen molar-refractivity contribution >= 4 is 34.8 Å². The van der Waals surface area contributed by atoms with Gasteiger partial charge in [0.1, 0.15) is 11.9 Å². The lowest BCUT2D eigenvalue weighted by atomic mass is 10.1. The van der Waals surface area contributed by atoms with Gasteiger partial charge in [0.05, 0.1) is 13.0 Å². The maximum absolute atomic E-state index is 13.5. The molecule has 7 nitrogen and oxygen atoms in total. The molecule has 1 unspecified atom stereocenters. The lowest BCUT2D eigenvalue weighted by molar-refractivity contribution is -0.131. The summed E-state index contributed by atoms with van der Waals surface area (Å²) in [4.78, 5) is 29.6. The molecular formula is C26H22FN3O4S. The van der Waals surface area contributed by atoms with E-state index in [4.69, 9.17) is 21.7 Å². The van der Waals surface area contributed by atoms with Gasteiger partial charge in [-0.3, -0.25) is 14.5 Å². The summed E-state index contributed by atoms with van der Waals surface area (Å²) in [5.41, 5.74) is 2.26. The zero-order valence-electron chi connectivity index (χ0n) is 18.6. The summed E-state index contributed by atoms with van der Waals surface area (Å²) in [5.74, 6) is 0.287. The number of nitrogens with one attached hydrogen (secondary N) is 1. The minimum Gasteiger partial charge on any atom is -0.454 e. The van der Waals surface area contributed by atoms with Gasteiger partial charge in [-0.1, -0.05) is 36.4 Å². The molecule has 35 heavy (non-hydrogen) atoms. The van der Waals surface area contributed by atoms with Gasteiger partial charge in [-0.05, 0) is 59.7 Å². The predicted molar refractivity (Wildman–Crippen MR) is 131 cm³/mol. The summed E-state index contributed by atoms with van der Waals surface area (Å²) in [5, 5.41) is 3.09. The summed E-state index contributed by atoms with van der Waals surface area (Å²) in [6.45, 7) is 0.795. The van der Waals surface area contributed by atoms with E-state index in [-0.39, 0.29) is 25.0 Å². The molecule has 178 valence electrons. The molecule has 2 aliphatic heterocycles. The van der Waals surface area contributed by atoms with E-state index in [2.05, 4.69) is 5.32 Å². The smallest absolute Gasteiger partial charge is 0.252 e. The van der Waals surface area contributed by atoms with Crippen LogP contribution in [-0.2, 0) is 22.7 Å². The van der Waals surface area contributed by atoms with Crippen LogP contribution in [0.4, 0.5) is 10.1 Å². The highest BCUT2D eigenvalue weighted by atomic mass is 32.1. The van der Waals surface area contributed by atoms with Gasteiger partial charge in [-0.25, -0.2) is 4.39 Å². The molecule has 0 aromatic heterocycles. The van der Waals surface area contributed by atoms with Gasteiger partial charge in [0.15, 0.2) is 16.6 Å². The summed E-state index contributed by atoms with van der Waals surface area (Å²) in [6.07, 6.45) is -0.105. The van der Waals surface area contributed by atoms with E-state index < -0.39 is 11.9 Å². The van der Waals surface area contributed by atoms with Crippen LogP contribution < -0.4 is 14.8 Å². The molecule has 2 aliphatic rings. The maximum atomic E-state index is 13.5. The van der Waals surface area contributed by atoms with E-state index in [0.717, 1.165) is 11.1 Å². The number of thiocarbonyl (C=S) groups is 1. The molecule has 0 bridgehead atoms. The molecule has 2 heterocycles. The number of hydrogen-bond donors (Lipinski definition) is 1. The Kier molecular flexibility index (Phi) is 6.33. The Balaban J connectivity index is 1.37. The molecular weight excluding hydrogens is 469 g/mol. The maximum Gasteiger partial charge on any atom is 0.252 e. The average molecular weight is 492 g/mol. The molecule has 0 aliphatic carbocycles. The van der Waals surface area contributed by atoms with Crippen LogP contribution in [0.25, 0.3) is 0 Å². The van der Waals surface area contributed by atoms with Gasteiger partial charge in [-0.15, -0.1) is 0 Å². The van der Waals surface area contributed by atoms with Gasteiger partial charge in [0.2, 0.25) is 12.7 Å². The number of anilines is 1. The summed E-state index contributed by atoms with van der Waals surface area (Å²) < 4.78 is 24.1. The predicted octanol–water partition coefficient (Wildman–Crippen LogP) is 4.08. The van der Waals surface area contributed by atoms with E-state index in [1.165, 1.54) is 29.2 Å². The van der Waals surface area contributed by atoms with Gasteiger partial charge >= 0.3 is 0 Å². The molecule has 5 rings (SSSR count). The van der Waals surface area contributed by atoms with Crippen LogP contribution in [0.3, 0.4) is 0 Å². The van der Waals surface area contributed by atoms with Crippen molar-refractivity contribution in [3.8, 4) is 11.5 Å². The molecule has 1 N–H and O–H groups in total. The lowest BCUT2D eigenvalue weighted by Crippen LogP contribution is -2.37. The Labute approximate surface area is 207 Å². The van der Waals surface area contributed by atoms with E-state index >= 15 is 0 Å². The van der Waals surface area contributed by atoms with Crippen molar-refractivity contribution in [1.82, 2.24) is 9.80 Å².